The fraction of sp³-hybridized carbons (Fsp3) is 0.562. The second kappa shape index (κ2) is 5.64. The molecule has 0 radical (unpaired) electrons. The molecule has 2 rings (SSSR count). The van der Waals surface area contributed by atoms with Gasteiger partial charge in [0, 0.05) is 0 Å². The molecular weight excluding hydrogens is 240 g/mol. The highest BCUT2D eigenvalue weighted by atomic mass is 16.4. The molecule has 0 spiro atoms. The number of hydrogen-bond acceptors (Lipinski definition) is 2. The summed E-state index contributed by atoms with van der Waals surface area (Å²) in [7, 11) is 0. The molecule has 0 aromatic heterocycles. The van der Waals surface area contributed by atoms with Gasteiger partial charge in [0.1, 0.15) is 5.75 Å². The fourth-order valence-corrected chi connectivity index (χ4v) is 3.27. The Kier molecular flexibility index (Phi) is 4.13. The van der Waals surface area contributed by atoms with Gasteiger partial charge in [0.05, 0.1) is 5.41 Å². The van der Waals surface area contributed by atoms with Gasteiger partial charge in [0.25, 0.3) is 0 Å². The van der Waals surface area contributed by atoms with Crippen molar-refractivity contribution in [2.24, 2.45) is 11.3 Å². The van der Waals surface area contributed by atoms with Crippen molar-refractivity contribution in [3.05, 3.63) is 29.8 Å². The van der Waals surface area contributed by atoms with Gasteiger partial charge in [-0.3, -0.25) is 4.79 Å². The number of hydrogen-bond donors (Lipinski definition) is 2. The summed E-state index contributed by atoms with van der Waals surface area (Å²) in [5, 5.41) is 19.0. The zero-order valence-electron chi connectivity index (χ0n) is 11.4. The van der Waals surface area contributed by atoms with Crippen molar-refractivity contribution in [2.75, 3.05) is 0 Å². The molecule has 0 aliphatic heterocycles. The van der Waals surface area contributed by atoms with E-state index in [0.29, 0.717) is 12.3 Å². The lowest BCUT2D eigenvalue weighted by molar-refractivity contribution is -0.152. The molecule has 1 aliphatic carbocycles. The minimum absolute atomic E-state index is 0.225. The number of aliphatic carboxylic acids is 1. The molecule has 3 nitrogen and oxygen atoms in total. The minimum atomic E-state index is -0.668. The SMILES string of the molecule is CCC1CCCC(Cc2ccc(O)cc2)(C(=O)O)C1. The van der Waals surface area contributed by atoms with Crippen LogP contribution in [0.4, 0.5) is 0 Å². The van der Waals surface area contributed by atoms with Gasteiger partial charge in [-0.25, -0.2) is 0 Å². The van der Waals surface area contributed by atoms with Crippen molar-refractivity contribution < 1.29 is 15.0 Å². The van der Waals surface area contributed by atoms with Crippen LogP contribution in [0.3, 0.4) is 0 Å². The van der Waals surface area contributed by atoms with E-state index in [1.165, 1.54) is 0 Å². The first-order valence-corrected chi connectivity index (χ1v) is 7.07. The average Bonchev–Trinajstić information content (AvgIpc) is 2.41. The Labute approximate surface area is 114 Å². The largest absolute Gasteiger partial charge is 0.508 e. The summed E-state index contributed by atoms with van der Waals surface area (Å²) in [5.41, 5.74) is 0.382. The van der Waals surface area contributed by atoms with Gasteiger partial charge >= 0.3 is 5.97 Å². The highest BCUT2D eigenvalue weighted by Crippen LogP contribution is 2.43. The second-order valence-corrected chi connectivity index (χ2v) is 5.80. The standard InChI is InChI=1S/C16H22O3/c1-2-12-4-3-9-16(10-12,15(18)19)11-13-5-7-14(17)8-6-13/h5-8,12,17H,2-4,9-11H2,1H3,(H,18,19). The molecule has 104 valence electrons. The summed E-state index contributed by atoms with van der Waals surface area (Å²) in [5.74, 6) is 0.0869. The zero-order valence-corrected chi connectivity index (χ0v) is 11.4. The van der Waals surface area contributed by atoms with E-state index in [1.807, 2.05) is 12.1 Å². The smallest absolute Gasteiger partial charge is 0.309 e. The van der Waals surface area contributed by atoms with E-state index >= 15 is 0 Å². The van der Waals surface area contributed by atoms with Crippen LogP contribution in [-0.4, -0.2) is 16.2 Å². The van der Waals surface area contributed by atoms with Crippen molar-refractivity contribution in [1.29, 1.82) is 0 Å². The Balaban J connectivity index is 2.19. The van der Waals surface area contributed by atoms with Gasteiger partial charge in [0.15, 0.2) is 0 Å². The number of phenolic OH excluding ortho intramolecular Hbond substituents is 1. The predicted molar refractivity (Wildman–Crippen MR) is 74.1 cm³/mol. The molecule has 0 saturated heterocycles. The van der Waals surface area contributed by atoms with Gasteiger partial charge in [-0.1, -0.05) is 38.3 Å². The molecule has 3 heteroatoms. The molecule has 2 unspecified atom stereocenters. The first kappa shape index (κ1) is 13.9. The lowest BCUT2D eigenvalue weighted by Gasteiger charge is -2.37. The minimum Gasteiger partial charge on any atom is -0.508 e. The molecule has 2 atom stereocenters. The van der Waals surface area contributed by atoms with Crippen LogP contribution in [0.2, 0.25) is 0 Å². The van der Waals surface area contributed by atoms with Gasteiger partial charge in [-0.15, -0.1) is 0 Å². The summed E-state index contributed by atoms with van der Waals surface area (Å²) in [6.07, 6.45) is 5.33. The molecule has 0 bridgehead atoms. The predicted octanol–water partition coefficient (Wildman–Crippen LogP) is 3.61. The van der Waals surface area contributed by atoms with E-state index in [0.717, 1.165) is 37.7 Å². The quantitative estimate of drug-likeness (QED) is 0.871. The van der Waals surface area contributed by atoms with Crippen LogP contribution in [-0.2, 0) is 11.2 Å². The fourth-order valence-electron chi connectivity index (χ4n) is 3.27. The third kappa shape index (κ3) is 3.09. The van der Waals surface area contributed by atoms with E-state index < -0.39 is 11.4 Å². The van der Waals surface area contributed by atoms with E-state index in [1.54, 1.807) is 12.1 Å². The third-order valence-electron chi connectivity index (χ3n) is 4.46. The summed E-state index contributed by atoms with van der Waals surface area (Å²) in [4.78, 5) is 11.8. The Hall–Kier alpha value is -1.51. The third-order valence-corrected chi connectivity index (χ3v) is 4.46. The zero-order chi connectivity index (χ0) is 13.9. The maximum Gasteiger partial charge on any atom is 0.309 e. The van der Waals surface area contributed by atoms with Crippen LogP contribution in [0.1, 0.15) is 44.6 Å². The molecule has 1 saturated carbocycles. The van der Waals surface area contributed by atoms with Crippen molar-refractivity contribution in [3.63, 3.8) is 0 Å². The van der Waals surface area contributed by atoms with Crippen LogP contribution < -0.4 is 0 Å². The molecule has 1 aliphatic rings. The maximum atomic E-state index is 11.8. The second-order valence-electron chi connectivity index (χ2n) is 5.80. The molecule has 19 heavy (non-hydrogen) atoms. The van der Waals surface area contributed by atoms with Crippen molar-refractivity contribution in [2.45, 2.75) is 45.4 Å². The average molecular weight is 262 g/mol. The van der Waals surface area contributed by atoms with E-state index in [2.05, 4.69) is 6.92 Å². The summed E-state index contributed by atoms with van der Waals surface area (Å²) in [6, 6.07) is 6.92. The molecule has 1 aromatic rings. The van der Waals surface area contributed by atoms with Crippen LogP contribution >= 0.6 is 0 Å². The number of carbonyl (C=O) groups is 1. The van der Waals surface area contributed by atoms with Gasteiger partial charge in [-0.2, -0.15) is 0 Å². The number of carboxylic acids is 1. The number of rotatable bonds is 4. The lowest BCUT2D eigenvalue weighted by atomic mass is 9.66. The first-order chi connectivity index (χ1) is 9.05. The van der Waals surface area contributed by atoms with Crippen molar-refractivity contribution in [1.82, 2.24) is 0 Å². The van der Waals surface area contributed by atoms with Crippen LogP contribution in [0.25, 0.3) is 0 Å². The maximum absolute atomic E-state index is 11.8. The van der Waals surface area contributed by atoms with Gasteiger partial charge < -0.3 is 10.2 Å². The van der Waals surface area contributed by atoms with Crippen molar-refractivity contribution in [3.8, 4) is 5.75 Å². The van der Waals surface area contributed by atoms with Crippen LogP contribution in [0, 0.1) is 11.3 Å². The lowest BCUT2D eigenvalue weighted by Crippen LogP contribution is -2.38. The first-order valence-electron chi connectivity index (χ1n) is 7.07. The summed E-state index contributed by atoms with van der Waals surface area (Å²) in [6.45, 7) is 2.14. The molecule has 1 aromatic carbocycles. The van der Waals surface area contributed by atoms with Crippen LogP contribution in [0.15, 0.2) is 24.3 Å². The van der Waals surface area contributed by atoms with E-state index in [-0.39, 0.29) is 5.75 Å². The Morgan fingerprint density at radius 1 is 1.37 bits per heavy atom. The number of benzene rings is 1. The van der Waals surface area contributed by atoms with Gasteiger partial charge in [-0.05, 0) is 42.9 Å². The van der Waals surface area contributed by atoms with Crippen LogP contribution in [0.5, 0.6) is 5.75 Å². The Morgan fingerprint density at radius 2 is 2.05 bits per heavy atom. The summed E-state index contributed by atoms with van der Waals surface area (Å²) >= 11 is 0. The molecular formula is C16H22O3. The topological polar surface area (TPSA) is 57.5 Å². The Morgan fingerprint density at radius 3 is 2.63 bits per heavy atom. The molecule has 2 N–H and O–H groups in total. The highest BCUT2D eigenvalue weighted by Gasteiger charge is 2.42. The molecule has 0 heterocycles. The van der Waals surface area contributed by atoms with Gasteiger partial charge in [0.2, 0.25) is 0 Å². The summed E-state index contributed by atoms with van der Waals surface area (Å²) < 4.78 is 0. The highest BCUT2D eigenvalue weighted by molar-refractivity contribution is 5.75. The number of phenols is 1. The van der Waals surface area contributed by atoms with E-state index in [9.17, 15) is 15.0 Å². The van der Waals surface area contributed by atoms with E-state index in [4.69, 9.17) is 0 Å². The Bertz CT molecular complexity index is 438. The molecule has 1 fully saturated rings. The number of aromatic hydroxyl groups is 1. The monoisotopic (exact) mass is 262 g/mol. The normalized spacial score (nSPS) is 27.1. The van der Waals surface area contributed by atoms with Crippen molar-refractivity contribution >= 4 is 5.97 Å². The number of carboxylic acid groups (broad SMARTS) is 1. The molecule has 0 amide bonds.